The first-order valence-corrected chi connectivity index (χ1v) is 18.6. The summed E-state index contributed by atoms with van der Waals surface area (Å²) in [6.07, 6.45) is 29.6. The zero-order chi connectivity index (χ0) is 29.4. The van der Waals surface area contributed by atoms with Crippen LogP contribution in [0.1, 0.15) is 193 Å². The Kier molecular flexibility index (Phi) is 21.5. The van der Waals surface area contributed by atoms with Crippen LogP contribution in [-0.4, -0.2) is 23.2 Å². The highest BCUT2D eigenvalue weighted by Crippen LogP contribution is 2.29. The fourth-order valence-electron chi connectivity index (χ4n) is 5.63. The molecule has 0 radical (unpaired) electrons. The zero-order valence-corrected chi connectivity index (χ0v) is 28.2. The lowest BCUT2D eigenvalue weighted by Gasteiger charge is -2.20. The van der Waals surface area contributed by atoms with Crippen molar-refractivity contribution in [3.63, 3.8) is 0 Å². The van der Waals surface area contributed by atoms with E-state index in [0.29, 0.717) is 0 Å². The van der Waals surface area contributed by atoms with Crippen molar-refractivity contribution in [2.24, 2.45) is 0 Å². The van der Waals surface area contributed by atoms with E-state index in [0.717, 1.165) is 48.5 Å². The second-order valence-electron chi connectivity index (χ2n) is 12.2. The van der Waals surface area contributed by atoms with Crippen molar-refractivity contribution in [2.75, 3.05) is 13.2 Å². The van der Waals surface area contributed by atoms with E-state index in [4.69, 9.17) is 19.4 Å². The monoisotopic (exact) mass is 588 g/mol. The number of hydrogen-bond donors (Lipinski definition) is 0. The number of unbranched alkanes of at least 4 members (excludes halogenated alkanes) is 20. The van der Waals surface area contributed by atoms with Crippen molar-refractivity contribution < 1.29 is 9.47 Å². The first-order chi connectivity index (χ1) is 20.2. The third-order valence-electron chi connectivity index (χ3n) is 8.37. The molecule has 0 saturated carbocycles. The summed E-state index contributed by atoms with van der Waals surface area (Å²) >= 11 is 1.66. The van der Waals surface area contributed by atoms with Gasteiger partial charge in [0.1, 0.15) is 0 Å². The Morgan fingerprint density at radius 1 is 0.488 bits per heavy atom. The van der Waals surface area contributed by atoms with E-state index in [-0.39, 0.29) is 12.2 Å². The van der Waals surface area contributed by atoms with Gasteiger partial charge >= 0.3 is 0 Å². The molecule has 5 heteroatoms. The molecular weight excluding hydrogens is 524 g/mol. The topological polar surface area (TPSA) is 44.2 Å². The lowest BCUT2D eigenvalue weighted by Crippen LogP contribution is -2.13. The number of ether oxygens (including phenoxy) is 2. The molecule has 0 aliphatic rings. The summed E-state index contributed by atoms with van der Waals surface area (Å²) in [5.41, 5.74) is 3.84. The number of fused-ring (bicyclic) bond motifs is 1. The van der Waals surface area contributed by atoms with Gasteiger partial charge in [0.15, 0.2) is 0 Å². The van der Waals surface area contributed by atoms with Gasteiger partial charge in [0.05, 0.1) is 34.6 Å². The van der Waals surface area contributed by atoms with Crippen LogP contribution in [0.3, 0.4) is 0 Å². The molecule has 4 nitrogen and oxygen atoms in total. The fraction of sp³-hybridized carbons (Fsp3) is 0.833. The van der Waals surface area contributed by atoms with Crippen LogP contribution in [0.15, 0.2) is 10.8 Å². The van der Waals surface area contributed by atoms with Crippen LogP contribution in [0.25, 0.3) is 11.0 Å². The molecule has 2 heterocycles. The highest BCUT2D eigenvalue weighted by molar-refractivity contribution is 7.09. The van der Waals surface area contributed by atoms with Crippen molar-refractivity contribution in [1.82, 2.24) is 9.97 Å². The maximum atomic E-state index is 6.29. The summed E-state index contributed by atoms with van der Waals surface area (Å²) in [4.78, 5) is 9.97. The van der Waals surface area contributed by atoms with Gasteiger partial charge in [-0.15, -0.1) is 11.3 Å². The molecule has 2 unspecified atom stereocenters. The minimum Gasteiger partial charge on any atom is -0.372 e. The van der Waals surface area contributed by atoms with Gasteiger partial charge in [0.25, 0.3) is 0 Å². The van der Waals surface area contributed by atoms with Crippen LogP contribution in [0.4, 0.5) is 0 Å². The predicted octanol–water partition coefficient (Wildman–Crippen LogP) is 12.5. The van der Waals surface area contributed by atoms with Crippen LogP contribution in [0.5, 0.6) is 0 Å². The second kappa shape index (κ2) is 24.4. The van der Waals surface area contributed by atoms with Gasteiger partial charge in [-0.05, 0) is 26.7 Å². The van der Waals surface area contributed by atoms with Crippen molar-refractivity contribution in [2.45, 2.75) is 181 Å². The van der Waals surface area contributed by atoms with Gasteiger partial charge in [-0.3, -0.25) is 0 Å². The van der Waals surface area contributed by atoms with Crippen LogP contribution in [0.2, 0.25) is 0 Å². The zero-order valence-electron chi connectivity index (χ0n) is 27.4. The van der Waals surface area contributed by atoms with Crippen LogP contribution >= 0.6 is 11.3 Å². The molecule has 41 heavy (non-hydrogen) atoms. The molecule has 2 rings (SSSR count). The quantitative estimate of drug-likeness (QED) is 0.0927. The standard InChI is InChI=1S/C36H64N2O2S/c1-5-7-9-11-13-15-17-19-21-23-25-27-39-31(3)35-36(38-34-30-41-29-33(34)37-35)32(4)40-28-26-24-22-20-18-16-14-12-10-8-6-2/h29-32H,5-28H2,1-4H3. The number of hydrogen-bond acceptors (Lipinski definition) is 5. The SMILES string of the molecule is CCCCCCCCCCCCCOC(C)c1nc2cscc2nc1C(C)OCCCCCCCCCCCCC. The molecule has 0 aliphatic heterocycles. The van der Waals surface area contributed by atoms with Gasteiger partial charge in [0.2, 0.25) is 0 Å². The Morgan fingerprint density at radius 3 is 1.10 bits per heavy atom. The van der Waals surface area contributed by atoms with Crippen LogP contribution in [-0.2, 0) is 9.47 Å². The highest BCUT2D eigenvalue weighted by atomic mass is 32.1. The van der Waals surface area contributed by atoms with Gasteiger partial charge in [0, 0.05) is 24.0 Å². The molecule has 0 aliphatic carbocycles. The average Bonchev–Trinajstić information content (AvgIpc) is 3.45. The minimum atomic E-state index is -0.0713. The van der Waals surface area contributed by atoms with Gasteiger partial charge < -0.3 is 9.47 Å². The largest absolute Gasteiger partial charge is 0.372 e. The van der Waals surface area contributed by atoms with E-state index in [1.807, 2.05) is 0 Å². The Hall–Kier alpha value is -1.04. The maximum Gasteiger partial charge on any atom is 0.0998 e. The van der Waals surface area contributed by atoms with Gasteiger partial charge in [-0.25, -0.2) is 9.97 Å². The number of aromatic nitrogens is 2. The highest BCUT2D eigenvalue weighted by Gasteiger charge is 2.21. The lowest BCUT2D eigenvalue weighted by atomic mass is 10.1. The fourth-order valence-corrected chi connectivity index (χ4v) is 6.31. The third kappa shape index (κ3) is 16.4. The molecule has 0 saturated heterocycles. The van der Waals surface area contributed by atoms with E-state index in [2.05, 4.69) is 38.5 Å². The Balaban J connectivity index is 1.64. The van der Waals surface area contributed by atoms with Gasteiger partial charge in [-0.1, -0.05) is 142 Å². The summed E-state index contributed by atoms with van der Waals surface area (Å²) in [5, 5.41) is 4.17. The lowest BCUT2D eigenvalue weighted by molar-refractivity contribution is 0.0427. The van der Waals surface area contributed by atoms with Crippen LogP contribution < -0.4 is 0 Å². The Morgan fingerprint density at radius 2 is 0.780 bits per heavy atom. The summed E-state index contributed by atoms with van der Waals surface area (Å²) in [6, 6.07) is 0. The minimum absolute atomic E-state index is 0.0713. The molecule has 0 bridgehead atoms. The number of thiophene rings is 1. The Bertz CT molecular complexity index is 802. The Labute approximate surface area is 257 Å². The van der Waals surface area contributed by atoms with Crippen molar-refractivity contribution in [1.29, 1.82) is 0 Å². The molecule has 2 aromatic rings. The molecule has 0 spiro atoms. The van der Waals surface area contributed by atoms with Crippen molar-refractivity contribution in [3.8, 4) is 0 Å². The van der Waals surface area contributed by atoms with Crippen LogP contribution in [0, 0.1) is 0 Å². The number of rotatable bonds is 28. The predicted molar refractivity (Wildman–Crippen MR) is 179 cm³/mol. The van der Waals surface area contributed by atoms with E-state index in [9.17, 15) is 0 Å². The first kappa shape index (κ1) is 36.2. The normalized spacial score (nSPS) is 13.3. The summed E-state index contributed by atoms with van der Waals surface area (Å²) < 4.78 is 12.6. The smallest absolute Gasteiger partial charge is 0.0998 e. The molecule has 0 fully saturated rings. The molecule has 0 N–H and O–H groups in total. The van der Waals surface area contributed by atoms with Crippen molar-refractivity contribution in [3.05, 3.63) is 22.1 Å². The summed E-state index contributed by atoms with van der Waals surface area (Å²) in [6.45, 7) is 10.4. The number of nitrogens with zero attached hydrogens (tertiary/aromatic N) is 2. The van der Waals surface area contributed by atoms with E-state index < -0.39 is 0 Å². The third-order valence-corrected chi connectivity index (χ3v) is 9.09. The maximum absolute atomic E-state index is 6.29. The molecule has 0 aromatic carbocycles. The first-order valence-electron chi connectivity index (χ1n) is 17.6. The molecule has 0 amide bonds. The molecule has 236 valence electrons. The summed E-state index contributed by atoms with van der Waals surface area (Å²) in [5.74, 6) is 0. The van der Waals surface area contributed by atoms with Crippen molar-refractivity contribution >= 4 is 22.4 Å². The average molecular weight is 589 g/mol. The van der Waals surface area contributed by atoms with E-state index in [1.165, 1.54) is 128 Å². The summed E-state index contributed by atoms with van der Waals surface area (Å²) in [7, 11) is 0. The molecule has 2 atom stereocenters. The van der Waals surface area contributed by atoms with Gasteiger partial charge in [-0.2, -0.15) is 0 Å². The molecular formula is C36H64N2O2S. The molecule has 2 aromatic heterocycles. The van der Waals surface area contributed by atoms with E-state index >= 15 is 0 Å². The second-order valence-corrected chi connectivity index (χ2v) is 13.0. The van der Waals surface area contributed by atoms with E-state index in [1.54, 1.807) is 11.3 Å².